The van der Waals surface area contributed by atoms with Gasteiger partial charge in [-0.2, -0.15) is 0 Å². The van der Waals surface area contributed by atoms with Gasteiger partial charge in [0, 0.05) is 42.5 Å². The van der Waals surface area contributed by atoms with Crippen LogP contribution in [0.3, 0.4) is 0 Å². The van der Waals surface area contributed by atoms with E-state index in [-0.39, 0.29) is 18.4 Å². The molecule has 1 heterocycles. The van der Waals surface area contributed by atoms with Gasteiger partial charge in [-0.3, -0.25) is 9.59 Å². The molecule has 0 spiro atoms. The highest BCUT2D eigenvalue weighted by Crippen LogP contribution is 2.20. The SMILES string of the molecule is CCOc1ccc(C(=O)NCC(=O)N2CCN(c3cccc(Cl)c3)CC2)cc1. The van der Waals surface area contributed by atoms with E-state index in [2.05, 4.69) is 10.2 Å². The van der Waals surface area contributed by atoms with Gasteiger partial charge in [0.25, 0.3) is 5.91 Å². The lowest BCUT2D eigenvalue weighted by molar-refractivity contribution is -0.130. The molecule has 1 N–H and O–H groups in total. The zero-order valence-corrected chi connectivity index (χ0v) is 16.6. The van der Waals surface area contributed by atoms with Crippen LogP contribution >= 0.6 is 11.6 Å². The molecular weight excluding hydrogens is 378 g/mol. The summed E-state index contributed by atoms with van der Waals surface area (Å²) in [7, 11) is 0. The Kier molecular flexibility index (Phi) is 6.76. The van der Waals surface area contributed by atoms with Crippen molar-refractivity contribution in [3.63, 3.8) is 0 Å². The zero-order valence-electron chi connectivity index (χ0n) is 15.9. The minimum Gasteiger partial charge on any atom is -0.494 e. The van der Waals surface area contributed by atoms with E-state index in [1.165, 1.54) is 0 Å². The number of ether oxygens (including phenoxy) is 1. The fraction of sp³-hybridized carbons (Fsp3) is 0.333. The molecule has 6 nitrogen and oxygen atoms in total. The number of benzene rings is 2. The molecule has 2 aromatic rings. The molecule has 1 fully saturated rings. The Balaban J connectivity index is 1.46. The second kappa shape index (κ2) is 9.46. The number of hydrogen-bond acceptors (Lipinski definition) is 4. The second-order valence-electron chi connectivity index (χ2n) is 6.49. The Labute approximate surface area is 170 Å². The van der Waals surface area contributed by atoms with Gasteiger partial charge in [-0.1, -0.05) is 17.7 Å². The van der Waals surface area contributed by atoms with E-state index in [0.717, 1.165) is 18.8 Å². The van der Waals surface area contributed by atoms with E-state index in [1.54, 1.807) is 29.2 Å². The molecule has 0 atom stereocenters. The molecule has 0 radical (unpaired) electrons. The molecule has 0 unspecified atom stereocenters. The number of halogens is 1. The quantitative estimate of drug-likeness (QED) is 0.808. The van der Waals surface area contributed by atoms with Crippen LogP contribution in [0.25, 0.3) is 0 Å². The van der Waals surface area contributed by atoms with Crippen LogP contribution in [0.4, 0.5) is 5.69 Å². The number of hydrogen-bond donors (Lipinski definition) is 1. The molecule has 0 aromatic heterocycles. The average molecular weight is 402 g/mol. The van der Waals surface area contributed by atoms with Gasteiger partial charge in [0.1, 0.15) is 5.75 Å². The predicted molar refractivity (Wildman–Crippen MR) is 110 cm³/mol. The zero-order chi connectivity index (χ0) is 19.9. The van der Waals surface area contributed by atoms with Crippen LogP contribution in [0.2, 0.25) is 5.02 Å². The molecular formula is C21H24ClN3O3. The second-order valence-corrected chi connectivity index (χ2v) is 6.92. The van der Waals surface area contributed by atoms with Crippen LogP contribution in [0.5, 0.6) is 5.75 Å². The number of amides is 2. The normalized spacial score (nSPS) is 13.9. The Morgan fingerprint density at radius 2 is 1.79 bits per heavy atom. The number of rotatable bonds is 6. The number of nitrogens with zero attached hydrogens (tertiary/aromatic N) is 2. The third-order valence-corrected chi connectivity index (χ3v) is 4.87. The minimum absolute atomic E-state index is 0.0107. The van der Waals surface area contributed by atoms with Gasteiger partial charge < -0.3 is 19.9 Å². The van der Waals surface area contributed by atoms with E-state index in [4.69, 9.17) is 16.3 Å². The van der Waals surface area contributed by atoms with Crippen molar-refractivity contribution in [2.75, 3.05) is 44.2 Å². The van der Waals surface area contributed by atoms with Gasteiger partial charge in [-0.25, -0.2) is 0 Å². The summed E-state index contributed by atoms with van der Waals surface area (Å²) in [5, 5.41) is 3.40. The molecule has 7 heteroatoms. The van der Waals surface area contributed by atoms with Gasteiger partial charge in [0.15, 0.2) is 0 Å². The molecule has 1 aliphatic heterocycles. The maximum Gasteiger partial charge on any atom is 0.251 e. The van der Waals surface area contributed by atoms with Crippen LogP contribution < -0.4 is 15.0 Å². The summed E-state index contributed by atoms with van der Waals surface area (Å²) in [6, 6.07) is 14.6. The average Bonchev–Trinajstić information content (AvgIpc) is 2.72. The lowest BCUT2D eigenvalue weighted by Gasteiger charge is -2.36. The number of nitrogens with one attached hydrogen (secondary N) is 1. The molecule has 148 valence electrons. The van der Waals surface area contributed by atoms with Crippen molar-refractivity contribution in [1.29, 1.82) is 0 Å². The first-order valence-corrected chi connectivity index (χ1v) is 9.74. The summed E-state index contributed by atoms with van der Waals surface area (Å²) in [6.07, 6.45) is 0. The van der Waals surface area contributed by atoms with Gasteiger partial charge >= 0.3 is 0 Å². The van der Waals surface area contributed by atoms with Crippen molar-refractivity contribution >= 4 is 29.1 Å². The topological polar surface area (TPSA) is 61.9 Å². The molecule has 1 aliphatic rings. The van der Waals surface area contributed by atoms with E-state index < -0.39 is 0 Å². The van der Waals surface area contributed by atoms with E-state index in [1.807, 2.05) is 31.2 Å². The van der Waals surface area contributed by atoms with Gasteiger partial charge in [0.2, 0.25) is 5.91 Å². The molecule has 3 rings (SSSR count). The molecule has 2 amide bonds. The van der Waals surface area contributed by atoms with Crippen LogP contribution in [0.15, 0.2) is 48.5 Å². The first-order chi connectivity index (χ1) is 13.6. The molecule has 2 aromatic carbocycles. The van der Waals surface area contributed by atoms with Crippen molar-refractivity contribution in [2.45, 2.75) is 6.92 Å². The number of carbonyl (C=O) groups excluding carboxylic acids is 2. The van der Waals surface area contributed by atoms with Crippen LogP contribution in [-0.2, 0) is 4.79 Å². The van der Waals surface area contributed by atoms with E-state index >= 15 is 0 Å². The van der Waals surface area contributed by atoms with Crippen molar-refractivity contribution in [2.24, 2.45) is 0 Å². The summed E-state index contributed by atoms with van der Waals surface area (Å²) >= 11 is 6.05. The highest BCUT2D eigenvalue weighted by Gasteiger charge is 2.21. The summed E-state index contributed by atoms with van der Waals surface area (Å²) in [6.45, 7) is 5.17. The smallest absolute Gasteiger partial charge is 0.251 e. The summed E-state index contributed by atoms with van der Waals surface area (Å²) in [5.41, 5.74) is 1.56. The predicted octanol–water partition coefficient (Wildman–Crippen LogP) is 2.82. The molecule has 0 bridgehead atoms. The maximum atomic E-state index is 12.4. The molecule has 1 saturated heterocycles. The lowest BCUT2D eigenvalue weighted by atomic mass is 10.2. The van der Waals surface area contributed by atoms with Gasteiger partial charge in [-0.15, -0.1) is 0 Å². The third kappa shape index (κ3) is 5.16. The standard InChI is InChI=1S/C21H24ClN3O3/c1-2-28-19-8-6-16(7-9-19)21(27)23-15-20(26)25-12-10-24(11-13-25)18-5-3-4-17(22)14-18/h3-9,14H,2,10-13,15H2,1H3,(H,23,27). The van der Waals surface area contributed by atoms with E-state index in [9.17, 15) is 9.59 Å². The van der Waals surface area contributed by atoms with Crippen molar-refractivity contribution < 1.29 is 14.3 Å². The summed E-state index contributed by atoms with van der Waals surface area (Å²) in [5.74, 6) is 0.367. The van der Waals surface area contributed by atoms with Crippen LogP contribution in [0, 0.1) is 0 Å². The first kappa shape index (κ1) is 20.0. The highest BCUT2D eigenvalue weighted by molar-refractivity contribution is 6.30. The molecule has 0 saturated carbocycles. The first-order valence-electron chi connectivity index (χ1n) is 9.36. The highest BCUT2D eigenvalue weighted by atomic mass is 35.5. The lowest BCUT2D eigenvalue weighted by Crippen LogP contribution is -2.51. The maximum absolute atomic E-state index is 12.4. The van der Waals surface area contributed by atoms with Gasteiger partial charge in [-0.05, 0) is 49.4 Å². The summed E-state index contributed by atoms with van der Waals surface area (Å²) < 4.78 is 5.36. The largest absolute Gasteiger partial charge is 0.494 e. The molecule has 28 heavy (non-hydrogen) atoms. The fourth-order valence-corrected chi connectivity index (χ4v) is 3.31. The van der Waals surface area contributed by atoms with Gasteiger partial charge in [0.05, 0.1) is 13.2 Å². The van der Waals surface area contributed by atoms with Crippen molar-refractivity contribution in [3.05, 3.63) is 59.1 Å². The monoisotopic (exact) mass is 401 g/mol. The summed E-state index contributed by atoms with van der Waals surface area (Å²) in [4.78, 5) is 28.6. The Morgan fingerprint density at radius 3 is 2.43 bits per heavy atom. The number of carbonyl (C=O) groups is 2. The van der Waals surface area contributed by atoms with Crippen LogP contribution in [-0.4, -0.2) is 56.0 Å². The Morgan fingerprint density at radius 1 is 1.07 bits per heavy atom. The van der Waals surface area contributed by atoms with Crippen molar-refractivity contribution in [3.8, 4) is 5.75 Å². The van der Waals surface area contributed by atoms with E-state index in [0.29, 0.717) is 36.0 Å². The fourth-order valence-electron chi connectivity index (χ4n) is 3.13. The van der Waals surface area contributed by atoms with Crippen LogP contribution in [0.1, 0.15) is 17.3 Å². The number of piperazine rings is 1. The Hall–Kier alpha value is -2.73. The molecule has 0 aliphatic carbocycles. The Bertz CT molecular complexity index is 818. The number of anilines is 1. The van der Waals surface area contributed by atoms with Crippen molar-refractivity contribution in [1.82, 2.24) is 10.2 Å². The minimum atomic E-state index is -0.269. The third-order valence-electron chi connectivity index (χ3n) is 4.63.